The van der Waals surface area contributed by atoms with Gasteiger partial charge >= 0.3 is 17.9 Å². The van der Waals surface area contributed by atoms with Crippen molar-refractivity contribution >= 4 is 17.9 Å². The highest BCUT2D eigenvalue weighted by molar-refractivity contribution is 5.75. The van der Waals surface area contributed by atoms with Crippen LogP contribution in [0.2, 0.25) is 0 Å². The summed E-state index contributed by atoms with van der Waals surface area (Å²) in [5.74, 6) is -0.969. The first-order valence-corrected chi connectivity index (χ1v) is 10.2. The van der Waals surface area contributed by atoms with E-state index < -0.39 is 22.0 Å². The third-order valence-electron chi connectivity index (χ3n) is 4.14. The fraction of sp³-hybridized carbons (Fsp3) is 0.864. The van der Waals surface area contributed by atoms with Crippen molar-refractivity contribution in [2.75, 3.05) is 13.2 Å². The quantitative estimate of drug-likeness (QED) is 0.451. The van der Waals surface area contributed by atoms with E-state index in [4.69, 9.17) is 19.9 Å². The van der Waals surface area contributed by atoms with Gasteiger partial charge in [-0.3, -0.25) is 14.4 Å². The summed E-state index contributed by atoms with van der Waals surface area (Å²) in [5, 5.41) is 0. The third-order valence-corrected chi connectivity index (χ3v) is 4.14. The molecule has 170 valence electrons. The number of hydrogen-bond acceptors (Lipinski definition) is 7. The van der Waals surface area contributed by atoms with E-state index in [0.29, 0.717) is 19.3 Å². The normalized spacial score (nSPS) is 13.0. The Kier molecular flexibility index (Phi) is 9.83. The van der Waals surface area contributed by atoms with Crippen LogP contribution in [0.25, 0.3) is 0 Å². The Morgan fingerprint density at radius 1 is 0.690 bits per heavy atom. The molecule has 0 aromatic heterocycles. The summed E-state index contributed by atoms with van der Waals surface area (Å²) in [6, 6.07) is 0. The number of ether oxygens (including phenoxy) is 3. The smallest absolute Gasteiger partial charge is 0.311 e. The van der Waals surface area contributed by atoms with Gasteiger partial charge in [0.1, 0.15) is 5.60 Å². The zero-order chi connectivity index (χ0) is 23.1. The Balaban J connectivity index is 4.90. The highest BCUT2D eigenvalue weighted by atomic mass is 16.6. The van der Waals surface area contributed by atoms with Crippen LogP contribution in [-0.2, 0) is 28.6 Å². The van der Waals surface area contributed by atoms with Crippen LogP contribution in [0, 0.1) is 10.8 Å². The largest absolute Gasteiger partial charge is 0.465 e. The van der Waals surface area contributed by atoms with Crippen LogP contribution in [0.15, 0.2) is 0 Å². The molecule has 0 saturated carbocycles. The average molecular weight is 416 g/mol. The lowest BCUT2D eigenvalue weighted by Gasteiger charge is -2.30. The monoisotopic (exact) mass is 415 g/mol. The molecule has 0 aromatic carbocycles. The van der Waals surface area contributed by atoms with E-state index in [1.165, 1.54) is 0 Å². The second-order valence-corrected chi connectivity index (χ2v) is 10.7. The zero-order valence-corrected chi connectivity index (χ0v) is 19.8. The van der Waals surface area contributed by atoms with E-state index in [1.54, 1.807) is 62.3 Å². The number of nitrogens with two attached hydrogens (primary N) is 1. The van der Waals surface area contributed by atoms with Gasteiger partial charge in [-0.1, -0.05) is 0 Å². The summed E-state index contributed by atoms with van der Waals surface area (Å²) in [7, 11) is 0. The summed E-state index contributed by atoms with van der Waals surface area (Å²) in [6.07, 6.45) is 1.17. The molecule has 0 rings (SSSR count). The van der Waals surface area contributed by atoms with E-state index in [2.05, 4.69) is 0 Å². The molecule has 0 aliphatic rings. The fourth-order valence-electron chi connectivity index (χ4n) is 2.25. The van der Waals surface area contributed by atoms with Gasteiger partial charge in [0.25, 0.3) is 0 Å². The van der Waals surface area contributed by atoms with Crippen LogP contribution in [0.5, 0.6) is 0 Å². The lowest BCUT2D eigenvalue weighted by molar-refractivity contribution is -0.157. The first-order chi connectivity index (χ1) is 12.9. The molecule has 0 fully saturated rings. The molecule has 0 bridgehead atoms. The molecule has 0 radical (unpaired) electrons. The van der Waals surface area contributed by atoms with Crippen LogP contribution in [0.1, 0.15) is 88.0 Å². The number of carbonyl (C=O) groups excluding carboxylic acids is 3. The molecule has 7 nitrogen and oxygen atoms in total. The predicted octanol–water partition coefficient (Wildman–Crippen LogP) is 3.76. The van der Waals surface area contributed by atoms with Gasteiger partial charge in [-0.25, -0.2) is 0 Å². The molecule has 0 aromatic rings. The van der Waals surface area contributed by atoms with Gasteiger partial charge in [-0.2, -0.15) is 0 Å². The molecule has 0 amide bonds. The molecule has 0 atom stereocenters. The minimum atomic E-state index is -0.826. The topological polar surface area (TPSA) is 105 Å². The first-order valence-electron chi connectivity index (χ1n) is 10.2. The van der Waals surface area contributed by atoms with Crippen molar-refractivity contribution in [2.45, 2.75) is 99.1 Å². The summed E-state index contributed by atoms with van der Waals surface area (Å²) in [4.78, 5) is 36.0. The second-order valence-electron chi connectivity index (χ2n) is 10.7. The van der Waals surface area contributed by atoms with E-state index in [1.807, 2.05) is 0 Å². The van der Waals surface area contributed by atoms with Crippen molar-refractivity contribution in [3.8, 4) is 0 Å². The standard InChI is InChI=1S/C22H41NO6/c1-19(2,3)17(25)27-14-12-22(23,11-10-16(24)29-21(7,8)9)13-15-28-18(26)20(4,5)6/h10-15,23H2,1-9H3. The second kappa shape index (κ2) is 10.4. The van der Waals surface area contributed by atoms with Crippen molar-refractivity contribution in [2.24, 2.45) is 16.6 Å². The van der Waals surface area contributed by atoms with Crippen molar-refractivity contribution in [3.05, 3.63) is 0 Å². The summed E-state index contributed by atoms with van der Waals surface area (Å²) < 4.78 is 16.0. The molecule has 0 saturated heterocycles. The summed E-state index contributed by atoms with van der Waals surface area (Å²) >= 11 is 0. The van der Waals surface area contributed by atoms with Gasteiger partial charge in [0, 0.05) is 12.0 Å². The molecule has 0 spiro atoms. The highest BCUT2D eigenvalue weighted by Gasteiger charge is 2.30. The maximum atomic E-state index is 12.1. The Hall–Kier alpha value is -1.63. The van der Waals surface area contributed by atoms with Gasteiger partial charge in [-0.05, 0) is 81.6 Å². The van der Waals surface area contributed by atoms with Gasteiger partial charge in [0.15, 0.2) is 0 Å². The molecule has 0 heterocycles. The maximum Gasteiger partial charge on any atom is 0.311 e. The predicted molar refractivity (Wildman–Crippen MR) is 112 cm³/mol. The molecule has 0 aliphatic heterocycles. The molecule has 7 heteroatoms. The molecule has 0 aliphatic carbocycles. The molecular formula is C22H41NO6. The Bertz CT molecular complexity index is 531. The first kappa shape index (κ1) is 27.4. The van der Waals surface area contributed by atoms with E-state index >= 15 is 0 Å². The maximum absolute atomic E-state index is 12.1. The lowest BCUT2D eigenvalue weighted by atomic mass is 9.87. The van der Waals surface area contributed by atoms with Crippen molar-refractivity contribution in [3.63, 3.8) is 0 Å². The van der Waals surface area contributed by atoms with Crippen LogP contribution >= 0.6 is 0 Å². The van der Waals surface area contributed by atoms with Crippen LogP contribution in [0.4, 0.5) is 0 Å². The number of carbonyl (C=O) groups is 3. The SMILES string of the molecule is CC(C)(C)OC(=O)CCC(N)(CCOC(=O)C(C)(C)C)CCOC(=O)C(C)(C)C. The Morgan fingerprint density at radius 3 is 1.38 bits per heavy atom. The highest BCUT2D eigenvalue weighted by Crippen LogP contribution is 2.23. The Labute approximate surface area is 176 Å². The lowest BCUT2D eigenvalue weighted by Crippen LogP contribution is -2.44. The number of hydrogen-bond donors (Lipinski definition) is 1. The van der Waals surface area contributed by atoms with Crippen molar-refractivity contribution in [1.82, 2.24) is 0 Å². The average Bonchev–Trinajstić information content (AvgIpc) is 2.49. The van der Waals surface area contributed by atoms with Gasteiger partial charge in [0.05, 0.1) is 24.0 Å². The molecule has 2 N–H and O–H groups in total. The van der Waals surface area contributed by atoms with E-state index in [9.17, 15) is 14.4 Å². The van der Waals surface area contributed by atoms with Gasteiger partial charge in [-0.15, -0.1) is 0 Å². The minimum absolute atomic E-state index is 0.133. The van der Waals surface area contributed by atoms with Crippen LogP contribution < -0.4 is 5.73 Å². The van der Waals surface area contributed by atoms with Gasteiger partial charge in [0.2, 0.25) is 0 Å². The van der Waals surface area contributed by atoms with Crippen LogP contribution in [0.3, 0.4) is 0 Å². The Morgan fingerprint density at radius 2 is 1.07 bits per heavy atom. The van der Waals surface area contributed by atoms with E-state index in [0.717, 1.165) is 0 Å². The van der Waals surface area contributed by atoms with Crippen molar-refractivity contribution in [1.29, 1.82) is 0 Å². The van der Waals surface area contributed by atoms with Crippen LogP contribution in [-0.4, -0.2) is 42.3 Å². The molecular weight excluding hydrogens is 374 g/mol. The zero-order valence-electron chi connectivity index (χ0n) is 19.8. The summed E-state index contributed by atoms with van der Waals surface area (Å²) in [5.41, 5.74) is 3.91. The van der Waals surface area contributed by atoms with Crippen molar-refractivity contribution < 1.29 is 28.6 Å². The van der Waals surface area contributed by atoms with Gasteiger partial charge < -0.3 is 19.9 Å². The summed E-state index contributed by atoms with van der Waals surface area (Å²) in [6.45, 7) is 16.3. The number of esters is 3. The third kappa shape index (κ3) is 12.5. The fourth-order valence-corrected chi connectivity index (χ4v) is 2.25. The number of rotatable bonds is 9. The minimum Gasteiger partial charge on any atom is -0.465 e. The van der Waals surface area contributed by atoms with E-state index in [-0.39, 0.29) is 37.5 Å². The molecule has 29 heavy (non-hydrogen) atoms. The molecule has 0 unspecified atom stereocenters.